The van der Waals surface area contributed by atoms with Crippen LogP contribution >= 0.6 is 0 Å². The summed E-state index contributed by atoms with van der Waals surface area (Å²) in [4.78, 5) is 0. The fourth-order valence-electron chi connectivity index (χ4n) is 4.25. The van der Waals surface area contributed by atoms with Crippen LogP contribution in [-0.4, -0.2) is 19.2 Å². The molecule has 21 heavy (non-hydrogen) atoms. The van der Waals surface area contributed by atoms with Gasteiger partial charge in [0.15, 0.2) is 0 Å². The van der Waals surface area contributed by atoms with E-state index in [1.54, 1.807) is 0 Å². The third-order valence-electron chi connectivity index (χ3n) is 5.44. The van der Waals surface area contributed by atoms with Crippen molar-refractivity contribution in [3.05, 3.63) is 29.3 Å². The summed E-state index contributed by atoms with van der Waals surface area (Å²) in [6.45, 7) is 4.72. The molecule has 1 saturated carbocycles. The Morgan fingerprint density at radius 1 is 1.10 bits per heavy atom. The zero-order valence-corrected chi connectivity index (χ0v) is 13.7. The van der Waals surface area contributed by atoms with Gasteiger partial charge in [-0.2, -0.15) is 0 Å². The van der Waals surface area contributed by atoms with Gasteiger partial charge in [-0.3, -0.25) is 0 Å². The van der Waals surface area contributed by atoms with Crippen LogP contribution in [0.2, 0.25) is 0 Å². The van der Waals surface area contributed by atoms with Crippen molar-refractivity contribution in [3.63, 3.8) is 0 Å². The van der Waals surface area contributed by atoms with E-state index in [4.69, 9.17) is 4.74 Å². The van der Waals surface area contributed by atoms with Gasteiger partial charge in [-0.05, 0) is 80.7 Å². The third-order valence-corrected chi connectivity index (χ3v) is 5.44. The normalized spacial score (nSPS) is 28.0. The van der Waals surface area contributed by atoms with Gasteiger partial charge in [-0.15, -0.1) is 0 Å². The average molecular weight is 287 g/mol. The molecule has 0 amide bonds. The molecule has 1 fully saturated rings. The molecule has 0 radical (unpaired) electrons. The molecule has 0 aromatic heterocycles. The van der Waals surface area contributed by atoms with Gasteiger partial charge in [0.2, 0.25) is 0 Å². The number of aryl methyl sites for hydroxylation is 2. The number of ether oxygens (including phenoxy) is 1. The van der Waals surface area contributed by atoms with E-state index in [2.05, 4.69) is 44.4 Å². The molecular formula is C19H29NO. The summed E-state index contributed by atoms with van der Waals surface area (Å²) < 4.78 is 6.40. The molecule has 2 aliphatic rings. The van der Waals surface area contributed by atoms with Crippen LogP contribution in [0.3, 0.4) is 0 Å². The molecule has 2 unspecified atom stereocenters. The zero-order valence-electron chi connectivity index (χ0n) is 13.7. The monoisotopic (exact) mass is 287 g/mol. The van der Waals surface area contributed by atoms with E-state index in [0.717, 1.165) is 12.2 Å². The summed E-state index contributed by atoms with van der Waals surface area (Å²) in [7, 11) is 2.07. The van der Waals surface area contributed by atoms with Crippen LogP contribution in [0.15, 0.2) is 18.2 Å². The van der Waals surface area contributed by atoms with Crippen molar-refractivity contribution in [1.29, 1.82) is 0 Å². The third kappa shape index (κ3) is 3.11. The minimum atomic E-state index is 0.292. The second-order valence-electron chi connectivity index (χ2n) is 7.44. The number of fused-ring (bicyclic) bond motifs is 1. The molecule has 0 heterocycles. The summed E-state index contributed by atoms with van der Waals surface area (Å²) in [6.07, 6.45) is 9.12. The number of rotatable bonds is 3. The molecule has 116 valence electrons. The van der Waals surface area contributed by atoms with Crippen molar-refractivity contribution in [2.75, 3.05) is 7.05 Å². The predicted octanol–water partition coefficient (Wildman–Crippen LogP) is 4.11. The maximum absolute atomic E-state index is 6.40. The Bertz CT molecular complexity index is 494. The number of benzene rings is 1. The lowest BCUT2D eigenvalue weighted by Gasteiger charge is -2.43. The van der Waals surface area contributed by atoms with Gasteiger partial charge in [0, 0.05) is 6.04 Å². The highest BCUT2D eigenvalue weighted by Crippen LogP contribution is 2.37. The Labute approximate surface area is 129 Å². The molecule has 2 heteroatoms. The van der Waals surface area contributed by atoms with Gasteiger partial charge < -0.3 is 10.1 Å². The Morgan fingerprint density at radius 3 is 2.62 bits per heavy atom. The minimum absolute atomic E-state index is 0.292. The Kier molecular flexibility index (Phi) is 4.26. The molecule has 0 aliphatic heterocycles. The van der Waals surface area contributed by atoms with Gasteiger partial charge in [0.05, 0.1) is 0 Å². The first-order chi connectivity index (χ1) is 10.1. The van der Waals surface area contributed by atoms with Gasteiger partial charge in [-0.25, -0.2) is 0 Å². The topological polar surface area (TPSA) is 21.3 Å². The van der Waals surface area contributed by atoms with Crippen molar-refractivity contribution in [2.24, 2.45) is 5.41 Å². The number of nitrogens with one attached hydrogen (secondary N) is 1. The van der Waals surface area contributed by atoms with Crippen molar-refractivity contribution >= 4 is 0 Å². The van der Waals surface area contributed by atoms with Crippen molar-refractivity contribution in [2.45, 2.75) is 70.9 Å². The Balaban J connectivity index is 1.76. The molecule has 1 aromatic rings. The van der Waals surface area contributed by atoms with Crippen LogP contribution in [0.4, 0.5) is 0 Å². The lowest BCUT2D eigenvalue weighted by atomic mass is 9.72. The summed E-state index contributed by atoms with van der Waals surface area (Å²) in [5.74, 6) is 1.07. The van der Waals surface area contributed by atoms with Gasteiger partial charge in [0.1, 0.15) is 11.9 Å². The summed E-state index contributed by atoms with van der Waals surface area (Å²) in [5, 5.41) is 3.50. The maximum atomic E-state index is 6.40. The van der Waals surface area contributed by atoms with E-state index in [-0.39, 0.29) is 0 Å². The molecule has 1 aromatic carbocycles. The summed E-state index contributed by atoms with van der Waals surface area (Å²) in [5.41, 5.74) is 3.35. The highest BCUT2D eigenvalue weighted by atomic mass is 16.5. The standard InChI is InChI=1S/C19H29NO/c1-19(2)12-6-9-17(18(19)20-3)21-16-11-10-14-7-4-5-8-15(14)13-16/h10-11,13,17-18,20H,4-9,12H2,1-3H3. The molecule has 2 nitrogen and oxygen atoms in total. The second kappa shape index (κ2) is 6.00. The van der Waals surface area contributed by atoms with Crippen molar-refractivity contribution in [3.8, 4) is 5.75 Å². The van der Waals surface area contributed by atoms with Crippen LogP contribution in [0, 0.1) is 5.41 Å². The van der Waals surface area contributed by atoms with Gasteiger partial charge in [0.25, 0.3) is 0 Å². The van der Waals surface area contributed by atoms with E-state index in [0.29, 0.717) is 17.6 Å². The molecule has 0 saturated heterocycles. The number of likely N-dealkylation sites (N-methyl/N-ethyl adjacent to an activating group) is 1. The van der Waals surface area contributed by atoms with E-state index >= 15 is 0 Å². The lowest BCUT2D eigenvalue weighted by Crippen LogP contribution is -2.53. The highest BCUT2D eigenvalue weighted by Gasteiger charge is 2.39. The largest absolute Gasteiger partial charge is 0.489 e. The Hall–Kier alpha value is -1.02. The summed E-state index contributed by atoms with van der Waals surface area (Å²) in [6, 6.07) is 7.19. The average Bonchev–Trinajstić information content (AvgIpc) is 2.46. The minimum Gasteiger partial charge on any atom is -0.489 e. The number of hydrogen-bond acceptors (Lipinski definition) is 2. The first-order valence-electron chi connectivity index (χ1n) is 8.56. The van der Waals surface area contributed by atoms with Gasteiger partial charge in [-0.1, -0.05) is 19.9 Å². The highest BCUT2D eigenvalue weighted by molar-refractivity contribution is 5.37. The fourth-order valence-corrected chi connectivity index (χ4v) is 4.25. The fraction of sp³-hybridized carbons (Fsp3) is 0.684. The van der Waals surface area contributed by atoms with Crippen LogP contribution in [0.25, 0.3) is 0 Å². The first kappa shape index (κ1) is 14.9. The lowest BCUT2D eigenvalue weighted by molar-refractivity contribution is 0.0403. The first-order valence-corrected chi connectivity index (χ1v) is 8.56. The molecule has 2 aliphatic carbocycles. The van der Waals surface area contributed by atoms with E-state index < -0.39 is 0 Å². The summed E-state index contributed by atoms with van der Waals surface area (Å²) >= 11 is 0. The predicted molar refractivity (Wildman–Crippen MR) is 88.0 cm³/mol. The van der Waals surface area contributed by atoms with E-state index in [1.165, 1.54) is 49.7 Å². The van der Waals surface area contributed by atoms with Crippen LogP contribution in [0.1, 0.15) is 57.1 Å². The van der Waals surface area contributed by atoms with Crippen molar-refractivity contribution in [1.82, 2.24) is 5.32 Å². The SMILES string of the molecule is CNC1C(Oc2ccc3c(c2)CCCC3)CCCC1(C)C. The zero-order chi connectivity index (χ0) is 14.9. The molecular weight excluding hydrogens is 258 g/mol. The Morgan fingerprint density at radius 2 is 1.86 bits per heavy atom. The maximum Gasteiger partial charge on any atom is 0.120 e. The quantitative estimate of drug-likeness (QED) is 0.903. The van der Waals surface area contributed by atoms with E-state index in [9.17, 15) is 0 Å². The van der Waals surface area contributed by atoms with E-state index in [1.807, 2.05) is 0 Å². The molecule has 0 bridgehead atoms. The van der Waals surface area contributed by atoms with Crippen LogP contribution in [-0.2, 0) is 12.8 Å². The van der Waals surface area contributed by atoms with Crippen LogP contribution < -0.4 is 10.1 Å². The van der Waals surface area contributed by atoms with Gasteiger partial charge >= 0.3 is 0 Å². The van der Waals surface area contributed by atoms with Crippen LogP contribution in [0.5, 0.6) is 5.75 Å². The second-order valence-corrected chi connectivity index (χ2v) is 7.44. The van der Waals surface area contributed by atoms with Crippen molar-refractivity contribution < 1.29 is 4.74 Å². The molecule has 0 spiro atoms. The molecule has 2 atom stereocenters. The smallest absolute Gasteiger partial charge is 0.120 e. The number of hydrogen-bond donors (Lipinski definition) is 1. The molecule has 3 rings (SSSR count). The molecule has 1 N–H and O–H groups in total.